The van der Waals surface area contributed by atoms with Crippen LogP contribution in [0.25, 0.3) is 10.9 Å². The van der Waals surface area contributed by atoms with Crippen LogP contribution in [-0.2, 0) is 4.79 Å². The summed E-state index contributed by atoms with van der Waals surface area (Å²) >= 11 is 0. The Balaban J connectivity index is 0.00000280. The fourth-order valence-corrected chi connectivity index (χ4v) is 3.28. The number of halogens is 3. The van der Waals surface area contributed by atoms with Gasteiger partial charge >= 0.3 is 0 Å². The zero-order valence-electron chi connectivity index (χ0n) is 15.8. The van der Waals surface area contributed by atoms with Crippen molar-refractivity contribution >= 4 is 41.0 Å². The molecule has 0 radical (unpaired) electrons. The number of amides is 1. The summed E-state index contributed by atoms with van der Waals surface area (Å²) in [4.78, 5) is 24.9. The molecule has 0 aliphatic heterocycles. The molecule has 1 saturated carbocycles. The highest BCUT2D eigenvalue weighted by Crippen LogP contribution is 2.28. The first-order valence-corrected chi connectivity index (χ1v) is 9.12. The van der Waals surface area contributed by atoms with E-state index in [1.165, 1.54) is 12.3 Å². The quantitative estimate of drug-likeness (QED) is 0.689. The number of fused-ring (bicyclic) bond motifs is 1. The van der Waals surface area contributed by atoms with Gasteiger partial charge in [-0.3, -0.25) is 10.1 Å². The SMILES string of the molecule is CC(C)Nc1nc(C(F)F)cc2cnc(NC(=O)[C@H]3CCC[C@@H](N)C3)nc12.Cl. The van der Waals surface area contributed by atoms with Gasteiger partial charge in [-0.2, -0.15) is 0 Å². The van der Waals surface area contributed by atoms with Crippen molar-refractivity contribution in [2.24, 2.45) is 11.7 Å². The highest BCUT2D eigenvalue weighted by molar-refractivity contribution is 5.93. The molecular weight excluding hydrogens is 390 g/mol. The van der Waals surface area contributed by atoms with Crippen LogP contribution in [0.4, 0.5) is 20.5 Å². The summed E-state index contributed by atoms with van der Waals surface area (Å²) in [5, 5.41) is 6.18. The maximum absolute atomic E-state index is 13.1. The van der Waals surface area contributed by atoms with Gasteiger partial charge in [-0.05, 0) is 39.2 Å². The molecule has 0 aromatic carbocycles. The minimum atomic E-state index is -2.70. The fraction of sp³-hybridized carbons (Fsp3) is 0.556. The Labute approximate surface area is 168 Å². The molecule has 0 unspecified atom stereocenters. The molecule has 0 spiro atoms. The number of nitrogens with one attached hydrogen (secondary N) is 2. The lowest BCUT2D eigenvalue weighted by molar-refractivity contribution is -0.120. The maximum Gasteiger partial charge on any atom is 0.280 e. The summed E-state index contributed by atoms with van der Waals surface area (Å²) < 4.78 is 26.2. The van der Waals surface area contributed by atoms with E-state index in [9.17, 15) is 13.6 Å². The van der Waals surface area contributed by atoms with Crippen molar-refractivity contribution in [3.05, 3.63) is 18.0 Å². The minimum absolute atomic E-state index is 0. The van der Waals surface area contributed by atoms with Crippen LogP contribution < -0.4 is 16.4 Å². The van der Waals surface area contributed by atoms with Crippen molar-refractivity contribution in [2.75, 3.05) is 10.6 Å². The van der Waals surface area contributed by atoms with Gasteiger partial charge in [0.15, 0.2) is 5.82 Å². The standard InChI is InChI=1S/C18H24F2N6O.ClH/c1-9(2)23-16-14-11(7-13(24-16)15(19)20)8-22-18(25-14)26-17(27)10-4-3-5-12(21)6-10;/h7-10,12,15H,3-6,21H2,1-2H3,(H,23,24)(H,22,25,26,27);1H/t10-,12+;/m0./s1. The molecular formula is C18H25ClF2N6O. The molecule has 154 valence electrons. The smallest absolute Gasteiger partial charge is 0.280 e. The van der Waals surface area contributed by atoms with Gasteiger partial charge in [0.25, 0.3) is 6.43 Å². The molecule has 2 aromatic heterocycles. The number of nitrogens with zero attached hydrogens (tertiary/aromatic N) is 3. The average molecular weight is 415 g/mol. The molecule has 10 heteroatoms. The summed E-state index contributed by atoms with van der Waals surface area (Å²) in [6.07, 6.45) is 1.99. The second-order valence-electron chi connectivity index (χ2n) is 7.24. The van der Waals surface area contributed by atoms with Crippen molar-refractivity contribution in [1.82, 2.24) is 15.0 Å². The first kappa shape index (κ1) is 22.2. The van der Waals surface area contributed by atoms with Gasteiger partial charge in [-0.25, -0.2) is 23.7 Å². The number of aromatic nitrogens is 3. The van der Waals surface area contributed by atoms with E-state index >= 15 is 0 Å². The average Bonchev–Trinajstić information content (AvgIpc) is 2.61. The number of carbonyl (C=O) groups is 1. The highest BCUT2D eigenvalue weighted by Gasteiger charge is 2.26. The zero-order valence-corrected chi connectivity index (χ0v) is 16.6. The monoisotopic (exact) mass is 414 g/mol. The molecule has 2 aromatic rings. The van der Waals surface area contributed by atoms with E-state index in [0.29, 0.717) is 17.3 Å². The van der Waals surface area contributed by atoms with Crippen molar-refractivity contribution < 1.29 is 13.6 Å². The van der Waals surface area contributed by atoms with E-state index in [0.717, 1.165) is 19.3 Å². The Kier molecular flexibility index (Phi) is 7.42. The molecule has 7 nitrogen and oxygen atoms in total. The number of hydrogen-bond acceptors (Lipinski definition) is 6. The Bertz CT molecular complexity index is 835. The molecule has 1 fully saturated rings. The number of carbonyl (C=O) groups excluding carboxylic acids is 1. The third-order valence-electron chi connectivity index (χ3n) is 4.56. The summed E-state index contributed by atoms with van der Waals surface area (Å²) in [5.74, 6) is 0.0427. The summed E-state index contributed by atoms with van der Waals surface area (Å²) in [6, 6.07) is 1.27. The lowest BCUT2D eigenvalue weighted by atomic mass is 9.85. The fourth-order valence-electron chi connectivity index (χ4n) is 3.28. The predicted molar refractivity (Wildman–Crippen MR) is 107 cm³/mol. The summed E-state index contributed by atoms with van der Waals surface area (Å²) in [7, 11) is 0. The molecule has 1 aliphatic rings. The summed E-state index contributed by atoms with van der Waals surface area (Å²) in [6.45, 7) is 3.75. The lowest BCUT2D eigenvalue weighted by Crippen LogP contribution is -2.34. The molecule has 0 bridgehead atoms. The Morgan fingerprint density at radius 2 is 2.04 bits per heavy atom. The van der Waals surface area contributed by atoms with Crippen LogP contribution in [0.15, 0.2) is 12.3 Å². The zero-order chi connectivity index (χ0) is 19.6. The van der Waals surface area contributed by atoms with Crippen molar-refractivity contribution in [1.29, 1.82) is 0 Å². The van der Waals surface area contributed by atoms with Gasteiger partial charge in [0.2, 0.25) is 11.9 Å². The number of alkyl halides is 2. The van der Waals surface area contributed by atoms with Crippen molar-refractivity contribution in [3.8, 4) is 0 Å². The third kappa shape index (κ3) is 5.23. The third-order valence-corrected chi connectivity index (χ3v) is 4.56. The second-order valence-corrected chi connectivity index (χ2v) is 7.24. The molecule has 1 aliphatic carbocycles. The van der Waals surface area contributed by atoms with Crippen LogP contribution in [0.3, 0.4) is 0 Å². The molecule has 2 atom stereocenters. The number of hydrogen-bond donors (Lipinski definition) is 3. The molecule has 2 heterocycles. The maximum atomic E-state index is 13.1. The van der Waals surface area contributed by atoms with E-state index in [1.807, 2.05) is 13.8 Å². The van der Waals surface area contributed by atoms with Crippen molar-refractivity contribution in [3.63, 3.8) is 0 Å². The van der Waals surface area contributed by atoms with E-state index < -0.39 is 6.43 Å². The van der Waals surface area contributed by atoms with Gasteiger partial charge in [-0.15, -0.1) is 12.4 Å². The lowest BCUT2D eigenvalue weighted by Gasteiger charge is -2.25. The molecule has 28 heavy (non-hydrogen) atoms. The minimum Gasteiger partial charge on any atom is -0.366 e. The number of nitrogens with two attached hydrogens (primary N) is 1. The van der Waals surface area contributed by atoms with Crippen LogP contribution in [0.2, 0.25) is 0 Å². The highest BCUT2D eigenvalue weighted by atomic mass is 35.5. The second kappa shape index (κ2) is 9.38. The number of rotatable bonds is 5. The molecule has 3 rings (SSSR count). The molecule has 1 amide bonds. The van der Waals surface area contributed by atoms with Gasteiger partial charge < -0.3 is 11.1 Å². The van der Waals surface area contributed by atoms with E-state index in [1.54, 1.807) is 0 Å². The van der Waals surface area contributed by atoms with Crippen LogP contribution in [-0.4, -0.2) is 32.9 Å². The Hall–Kier alpha value is -2.13. The van der Waals surface area contributed by atoms with Crippen LogP contribution >= 0.6 is 12.4 Å². The van der Waals surface area contributed by atoms with Crippen LogP contribution in [0, 0.1) is 5.92 Å². The van der Waals surface area contributed by atoms with Crippen molar-refractivity contribution in [2.45, 2.75) is 58.0 Å². The van der Waals surface area contributed by atoms with Crippen LogP contribution in [0.1, 0.15) is 51.7 Å². The first-order chi connectivity index (χ1) is 12.8. The van der Waals surface area contributed by atoms with E-state index in [-0.39, 0.29) is 53.8 Å². The number of pyridine rings is 1. The predicted octanol–water partition coefficient (Wildman–Crippen LogP) is 3.66. The van der Waals surface area contributed by atoms with Gasteiger partial charge in [0, 0.05) is 29.6 Å². The number of anilines is 2. The van der Waals surface area contributed by atoms with Gasteiger partial charge in [-0.1, -0.05) is 6.42 Å². The molecule has 0 saturated heterocycles. The normalized spacial score (nSPS) is 19.5. The topological polar surface area (TPSA) is 106 Å². The Morgan fingerprint density at radius 1 is 1.29 bits per heavy atom. The van der Waals surface area contributed by atoms with E-state index in [2.05, 4.69) is 25.6 Å². The van der Waals surface area contributed by atoms with Gasteiger partial charge in [0.05, 0.1) is 0 Å². The van der Waals surface area contributed by atoms with Gasteiger partial charge in [0.1, 0.15) is 11.2 Å². The largest absolute Gasteiger partial charge is 0.366 e. The first-order valence-electron chi connectivity index (χ1n) is 9.12. The molecule has 4 N–H and O–H groups in total. The summed E-state index contributed by atoms with van der Waals surface area (Å²) in [5.41, 5.74) is 5.99. The van der Waals surface area contributed by atoms with Crippen LogP contribution in [0.5, 0.6) is 0 Å². The van der Waals surface area contributed by atoms with E-state index in [4.69, 9.17) is 5.73 Å². The Morgan fingerprint density at radius 3 is 2.68 bits per heavy atom.